The van der Waals surface area contributed by atoms with Crippen LogP contribution in [0.2, 0.25) is 5.02 Å². The maximum atomic E-state index is 12.9. The number of aryl methyl sites for hydroxylation is 3. The monoisotopic (exact) mass is 494 g/mol. The van der Waals surface area contributed by atoms with Crippen LogP contribution in [0, 0.1) is 13.8 Å². The number of aromatic nitrogens is 5. The van der Waals surface area contributed by atoms with E-state index in [1.807, 2.05) is 32.0 Å². The lowest BCUT2D eigenvalue weighted by atomic mass is 10.1. The molecule has 0 fully saturated rings. The molecule has 4 aromatic rings. The third-order valence-electron chi connectivity index (χ3n) is 5.36. The molecule has 0 aliphatic rings. The summed E-state index contributed by atoms with van der Waals surface area (Å²) in [5.41, 5.74) is 1.79. The average molecular weight is 495 g/mol. The summed E-state index contributed by atoms with van der Waals surface area (Å²) in [5, 5.41) is 11.4. The SMILES string of the molecule is CCn1c(=O)c(-c2noc(CCC(=O)Nc3cc(C)ccc3C)n2)nn(-c2ccc(Cl)cc2)c1=O. The molecular weight excluding hydrogens is 472 g/mol. The Morgan fingerprint density at radius 1 is 1.11 bits per heavy atom. The first-order valence-corrected chi connectivity index (χ1v) is 11.3. The van der Waals surface area contributed by atoms with Crippen LogP contribution in [0.1, 0.15) is 30.4 Å². The van der Waals surface area contributed by atoms with Gasteiger partial charge in [0.05, 0.1) is 5.69 Å². The lowest BCUT2D eigenvalue weighted by molar-refractivity contribution is -0.116. The van der Waals surface area contributed by atoms with Gasteiger partial charge in [0.25, 0.3) is 5.56 Å². The summed E-state index contributed by atoms with van der Waals surface area (Å²) in [4.78, 5) is 42.3. The van der Waals surface area contributed by atoms with Gasteiger partial charge in [0.2, 0.25) is 17.6 Å². The Labute approximate surface area is 205 Å². The molecule has 0 spiro atoms. The third-order valence-corrected chi connectivity index (χ3v) is 5.61. The van der Waals surface area contributed by atoms with E-state index >= 15 is 0 Å². The number of nitrogens with one attached hydrogen (secondary N) is 1. The molecular formula is C24H23ClN6O4. The summed E-state index contributed by atoms with van der Waals surface area (Å²) in [6.07, 6.45) is 0.272. The fraction of sp³-hybridized carbons (Fsp3) is 0.250. The number of carbonyl (C=O) groups excluding carboxylic acids is 1. The maximum Gasteiger partial charge on any atom is 0.352 e. The zero-order valence-corrected chi connectivity index (χ0v) is 20.2. The van der Waals surface area contributed by atoms with Crippen LogP contribution in [0.15, 0.2) is 56.6 Å². The minimum absolute atomic E-state index is 0.0650. The lowest BCUT2D eigenvalue weighted by Crippen LogP contribution is -2.41. The minimum atomic E-state index is -0.636. The highest BCUT2D eigenvalue weighted by molar-refractivity contribution is 6.30. The van der Waals surface area contributed by atoms with Crippen LogP contribution in [0.5, 0.6) is 0 Å². The fourth-order valence-electron chi connectivity index (χ4n) is 3.44. The van der Waals surface area contributed by atoms with Gasteiger partial charge in [-0.05, 0) is 62.2 Å². The van der Waals surface area contributed by atoms with Crippen LogP contribution >= 0.6 is 11.6 Å². The van der Waals surface area contributed by atoms with Gasteiger partial charge in [0.1, 0.15) is 0 Å². The average Bonchev–Trinajstić information content (AvgIpc) is 3.30. The van der Waals surface area contributed by atoms with Gasteiger partial charge >= 0.3 is 5.69 Å². The molecule has 2 aromatic heterocycles. The number of halogens is 1. The van der Waals surface area contributed by atoms with Gasteiger partial charge in [-0.2, -0.15) is 14.8 Å². The number of carbonyl (C=O) groups is 1. The Hall–Kier alpha value is -4.05. The number of anilines is 1. The minimum Gasteiger partial charge on any atom is -0.339 e. The van der Waals surface area contributed by atoms with Crippen molar-refractivity contribution in [2.75, 3.05) is 5.32 Å². The summed E-state index contributed by atoms with van der Waals surface area (Å²) in [6, 6.07) is 12.3. The Kier molecular flexibility index (Phi) is 6.92. The zero-order chi connectivity index (χ0) is 25.1. The Morgan fingerprint density at radius 3 is 2.57 bits per heavy atom. The van der Waals surface area contributed by atoms with E-state index in [1.54, 1.807) is 31.2 Å². The van der Waals surface area contributed by atoms with Gasteiger partial charge < -0.3 is 9.84 Å². The second kappa shape index (κ2) is 10.1. The van der Waals surface area contributed by atoms with Crippen LogP contribution in [0.25, 0.3) is 17.2 Å². The first-order chi connectivity index (χ1) is 16.8. The Balaban J connectivity index is 1.57. The van der Waals surface area contributed by atoms with Crippen LogP contribution in [-0.2, 0) is 17.8 Å². The molecule has 2 aromatic carbocycles. The van der Waals surface area contributed by atoms with Crippen molar-refractivity contribution >= 4 is 23.2 Å². The smallest absolute Gasteiger partial charge is 0.339 e. The zero-order valence-electron chi connectivity index (χ0n) is 19.4. The second-order valence-electron chi connectivity index (χ2n) is 7.95. The molecule has 0 unspecified atom stereocenters. The van der Waals surface area contributed by atoms with Crippen LogP contribution < -0.4 is 16.6 Å². The highest BCUT2D eigenvalue weighted by Crippen LogP contribution is 2.17. The number of benzene rings is 2. The predicted molar refractivity (Wildman–Crippen MR) is 131 cm³/mol. The molecule has 1 N–H and O–H groups in total. The summed E-state index contributed by atoms with van der Waals surface area (Å²) in [6.45, 7) is 5.67. The van der Waals surface area contributed by atoms with E-state index in [0.717, 1.165) is 26.1 Å². The number of amides is 1. The van der Waals surface area contributed by atoms with Crippen molar-refractivity contribution in [2.24, 2.45) is 0 Å². The molecule has 0 aliphatic carbocycles. The number of nitrogens with zero attached hydrogens (tertiary/aromatic N) is 5. The van der Waals surface area contributed by atoms with Crippen LogP contribution in [0.3, 0.4) is 0 Å². The molecule has 10 nitrogen and oxygen atoms in total. The molecule has 180 valence electrons. The molecule has 2 heterocycles. The van der Waals surface area contributed by atoms with Crippen molar-refractivity contribution in [1.82, 2.24) is 24.5 Å². The molecule has 0 atom stereocenters. The number of rotatable bonds is 7. The van der Waals surface area contributed by atoms with E-state index in [0.29, 0.717) is 10.7 Å². The van der Waals surface area contributed by atoms with Gasteiger partial charge in [-0.3, -0.25) is 14.2 Å². The Bertz CT molecular complexity index is 1500. The van der Waals surface area contributed by atoms with Gasteiger partial charge in [-0.15, -0.1) is 0 Å². The largest absolute Gasteiger partial charge is 0.352 e. The van der Waals surface area contributed by atoms with Gasteiger partial charge in [-0.1, -0.05) is 28.9 Å². The maximum absolute atomic E-state index is 12.9. The molecule has 0 radical (unpaired) electrons. The first-order valence-electron chi connectivity index (χ1n) is 11.0. The van der Waals surface area contributed by atoms with E-state index < -0.39 is 11.2 Å². The van der Waals surface area contributed by atoms with Gasteiger partial charge in [0, 0.05) is 30.1 Å². The van der Waals surface area contributed by atoms with Crippen molar-refractivity contribution in [3.63, 3.8) is 0 Å². The number of hydrogen-bond acceptors (Lipinski definition) is 7. The summed E-state index contributed by atoms with van der Waals surface area (Å²) >= 11 is 5.94. The van der Waals surface area contributed by atoms with Crippen molar-refractivity contribution < 1.29 is 9.32 Å². The van der Waals surface area contributed by atoms with Crippen molar-refractivity contribution in [2.45, 2.75) is 40.2 Å². The molecule has 35 heavy (non-hydrogen) atoms. The van der Waals surface area contributed by atoms with Crippen molar-refractivity contribution in [3.05, 3.63) is 85.3 Å². The highest BCUT2D eigenvalue weighted by Gasteiger charge is 2.20. The molecule has 0 saturated heterocycles. The van der Waals surface area contributed by atoms with E-state index in [2.05, 4.69) is 20.6 Å². The third kappa shape index (κ3) is 5.22. The molecule has 0 aliphatic heterocycles. The van der Waals surface area contributed by atoms with E-state index in [9.17, 15) is 14.4 Å². The lowest BCUT2D eigenvalue weighted by Gasteiger charge is -2.09. The molecule has 11 heteroatoms. The van der Waals surface area contributed by atoms with E-state index in [1.165, 1.54) is 0 Å². The molecule has 0 bridgehead atoms. The topological polar surface area (TPSA) is 125 Å². The quantitative estimate of drug-likeness (QED) is 0.417. The number of hydrogen-bond donors (Lipinski definition) is 1. The fourth-order valence-corrected chi connectivity index (χ4v) is 3.57. The van der Waals surface area contributed by atoms with Gasteiger partial charge in [-0.25, -0.2) is 4.79 Å². The summed E-state index contributed by atoms with van der Waals surface area (Å²) < 4.78 is 7.37. The van der Waals surface area contributed by atoms with E-state index in [-0.39, 0.29) is 42.7 Å². The van der Waals surface area contributed by atoms with E-state index in [4.69, 9.17) is 16.1 Å². The summed E-state index contributed by atoms with van der Waals surface area (Å²) in [7, 11) is 0. The molecule has 4 rings (SSSR count). The standard InChI is InChI=1S/C24H23ClN6O4/c1-4-30-23(33)21(28-31(24(30)34)17-9-7-16(25)8-10-17)22-27-20(35-29-22)12-11-19(32)26-18-13-14(2)5-6-15(18)3/h5-10,13H,4,11-12H2,1-3H3,(H,26,32). The molecule has 0 saturated carbocycles. The van der Waals surface area contributed by atoms with Crippen LogP contribution in [-0.4, -0.2) is 30.4 Å². The summed E-state index contributed by atoms with van der Waals surface area (Å²) in [5.74, 6) is -0.101. The van der Waals surface area contributed by atoms with Crippen LogP contribution in [0.4, 0.5) is 5.69 Å². The normalized spacial score (nSPS) is 11.0. The predicted octanol–water partition coefficient (Wildman–Crippen LogP) is 3.31. The van der Waals surface area contributed by atoms with Gasteiger partial charge in [0.15, 0.2) is 5.69 Å². The van der Waals surface area contributed by atoms with Crippen molar-refractivity contribution in [1.29, 1.82) is 0 Å². The van der Waals surface area contributed by atoms with Crippen molar-refractivity contribution in [3.8, 4) is 17.2 Å². The molecule has 1 amide bonds. The first kappa shape index (κ1) is 24.1. The highest BCUT2D eigenvalue weighted by atomic mass is 35.5. The second-order valence-corrected chi connectivity index (χ2v) is 8.38. The Morgan fingerprint density at radius 2 is 1.86 bits per heavy atom.